The molecular weight excluding hydrogens is 422 g/mol. The van der Waals surface area contributed by atoms with Crippen LogP contribution < -0.4 is 27.4 Å². The fourth-order valence-corrected chi connectivity index (χ4v) is 3.03. The standard InChI is InChI=1S/C20H39N5O5S/c1-5-12(4)15(22)18(27)25-16(11(2)3)19(28)23-13(8-6-7-9-21)17(26)24-14(10-31)20(29)30/h11-16,31H,5-10,21-22H2,1-4H3,(H,23,28)(H,24,26)(H,25,27)(H,29,30). The molecule has 0 aliphatic rings. The molecule has 11 heteroatoms. The van der Waals surface area contributed by atoms with Crippen LogP contribution >= 0.6 is 12.6 Å². The molecule has 3 amide bonds. The van der Waals surface area contributed by atoms with Crippen molar-refractivity contribution in [2.75, 3.05) is 12.3 Å². The van der Waals surface area contributed by atoms with Crippen LogP contribution in [0.4, 0.5) is 0 Å². The molecular formula is C20H39N5O5S. The van der Waals surface area contributed by atoms with E-state index in [-0.39, 0.29) is 24.0 Å². The second kappa shape index (κ2) is 15.0. The molecule has 5 atom stereocenters. The molecule has 0 aromatic carbocycles. The lowest BCUT2D eigenvalue weighted by Crippen LogP contribution is -2.59. The van der Waals surface area contributed by atoms with Crippen LogP contribution in [0.1, 0.15) is 53.4 Å². The number of unbranched alkanes of at least 4 members (excludes halogenated alkanes) is 1. The van der Waals surface area contributed by atoms with Gasteiger partial charge in [0.25, 0.3) is 0 Å². The number of carboxylic acids is 1. The first-order valence-electron chi connectivity index (χ1n) is 10.7. The van der Waals surface area contributed by atoms with Gasteiger partial charge in [-0.15, -0.1) is 0 Å². The maximum atomic E-state index is 12.9. The van der Waals surface area contributed by atoms with Crippen LogP contribution in [0, 0.1) is 11.8 Å². The topological polar surface area (TPSA) is 177 Å². The van der Waals surface area contributed by atoms with Crippen LogP contribution in [-0.2, 0) is 19.2 Å². The SMILES string of the molecule is CCC(C)C(N)C(=O)NC(C(=O)NC(CCCCN)C(=O)NC(CS)C(=O)O)C(C)C. The van der Waals surface area contributed by atoms with Gasteiger partial charge in [-0.1, -0.05) is 34.1 Å². The van der Waals surface area contributed by atoms with Crippen molar-refractivity contribution in [2.24, 2.45) is 23.3 Å². The molecule has 0 bridgehead atoms. The van der Waals surface area contributed by atoms with E-state index in [4.69, 9.17) is 16.6 Å². The molecule has 5 unspecified atom stereocenters. The van der Waals surface area contributed by atoms with Crippen LogP contribution in [0.3, 0.4) is 0 Å². The number of aliphatic carboxylic acids is 1. The van der Waals surface area contributed by atoms with Crippen molar-refractivity contribution in [3.8, 4) is 0 Å². The molecule has 0 aromatic rings. The molecule has 10 nitrogen and oxygen atoms in total. The van der Waals surface area contributed by atoms with Gasteiger partial charge in [0, 0.05) is 5.75 Å². The van der Waals surface area contributed by atoms with E-state index in [0.717, 1.165) is 0 Å². The number of carbonyl (C=O) groups excluding carboxylic acids is 3. The van der Waals surface area contributed by atoms with Gasteiger partial charge in [-0.3, -0.25) is 14.4 Å². The summed E-state index contributed by atoms with van der Waals surface area (Å²) in [4.78, 5) is 49.2. The zero-order valence-electron chi connectivity index (χ0n) is 18.9. The lowest BCUT2D eigenvalue weighted by atomic mass is 9.97. The Balaban J connectivity index is 5.37. The Morgan fingerprint density at radius 2 is 1.52 bits per heavy atom. The third-order valence-electron chi connectivity index (χ3n) is 5.18. The molecule has 0 spiro atoms. The van der Waals surface area contributed by atoms with E-state index in [9.17, 15) is 19.2 Å². The number of carbonyl (C=O) groups is 4. The van der Waals surface area contributed by atoms with Gasteiger partial charge in [0.2, 0.25) is 17.7 Å². The number of nitrogens with two attached hydrogens (primary N) is 2. The average molecular weight is 462 g/mol. The molecule has 0 radical (unpaired) electrons. The van der Waals surface area contributed by atoms with Crippen molar-refractivity contribution >= 4 is 36.3 Å². The Hall–Kier alpha value is -1.85. The van der Waals surface area contributed by atoms with Gasteiger partial charge in [-0.25, -0.2) is 4.79 Å². The number of thiol groups is 1. The summed E-state index contributed by atoms with van der Waals surface area (Å²) in [7, 11) is 0. The van der Waals surface area contributed by atoms with Gasteiger partial charge in [0.15, 0.2) is 0 Å². The normalized spacial score (nSPS) is 16.0. The smallest absolute Gasteiger partial charge is 0.327 e. The van der Waals surface area contributed by atoms with E-state index in [0.29, 0.717) is 25.8 Å². The maximum Gasteiger partial charge on any atom is 0.327 e. The molecule has 0 aliphatic carbocycles. The number of carboxylic acid groups (broad SMARTS) is 1. The Bertz CT molecular complexity index is 605. The van der Waals surface area contributed by atoms with E-state index >= 15 is 0 Å². The lowest BCUT2D eigenvalue weighted by Gasteiger charge is -2.27. The summed E-state index contributed by atoms with van der Waals surface area (Å²) in [5.41, 5.74) is 11.5. The Morgan fingerprint density at radius 1 is 0.935 bits per heavy atom. The summed E-state index contributed by atoms with van der Waals surface area (Å²) in [6.45, 7) is 7.74. The fourth-order valence-electron chi connectivity index (χ4n) is 2.78. The largest absolute Gasteiger partial charge is 0.480 e. The molecule has 31 heavy (non-hydrogen) atoms. The third kappa shape index (κ3) is 10.3. The molecule has 0 saturated heterocycles. The molecule has 0 fully saturated rings. The van der Waals surface area contributed by atoms with E-state index in [1.54, 1.807) is 13.8 Å². The van der Waals surface area contributed by atoms with Crippen LogP contribution in [0.15, 0.2) is 0 Å². The number of amides is 3. The van der Waals surface area contributed by atoms with Gasteiger partial charge in [-0.2, -0.15) is 12.6 Å². The van der Waals surface area contributed by atoms with Crippen molar-refractivity contribution < 1.29 is 24.3 Å². The summed E-state index contributed by atoms with van der Waals surface area (Å²) in [6.07, 6.45) is 2.19. The average Bonchev–Trinajstić information content (AvgIpc) is 2.72. The van der Waals surface area contributed by atoms with Gasteiger partial charge >= 0.3 is 5.97 Å². The van der Waals surface area contributed by atoms with Crippen LogP contribution in [0.2, 0.25) is 0 Å². The number of hydrogen-bond acceptors (Lipinski definition) is 7. The highest BCUT2D eigenvalue weighted by Crippen LogP contribution is 2.09. The van der Waals surface area contributed by atoms with Crippen LogP contribution in [-0.4, -0.2) is 65.3 Å². The summed E-state index contributed by atoms with van der Waals surface area (Å²) in [5, 5.41) is 16.9. The second-order valence-electron chi connectivity index (χ2n) is 8.07. The summed E-state index contributed by atoms with van der Waals surface area (Å²) in [5.74, 6) is -3.23. The van der Waals surface area contributed by atoms with E-state index < -0.39 is 47.9 Å². The summed E-state index contributed by atoms with van der Waals surface area (Å²) in [6, 6.07) is -3.80. The first-order chi connectivity index (χ1) is 14.5. The Morgan fingerprint density at radius 3 is 1.97 bits per heavy atom. The van der Waals surface area contributed by atoms with Crippen molar-refractivity contribution in [1.82, 2.24) is 16.0 Å². The number of hydrogen-bond donors (Lipinski definition) is 7. The van der Waals surface area contributed by atoms with Crippen LogP contribution in [0.5, 0.6) is 0 Å². The zero-order valence-corrected chi connectivity index (χ0v) is 19.8. The monoisotopic (exact) mass is 461 g/mol. The van der Waals surface area contributed by atoms with Crippen molar-refractivity contribution in [2.45, 2.75) is 77.5 Å². The first kappa shape index (κ1) is 29.1. The zero-order chi connectivity index (χ0) is 24.1. The first-order valence-corrected chi connectivity index (χ1v) is 11.3. The third-order valence-corrected chi connectivity index (χ3v) is 5.55. The predicted molar refractivity (Wildman–Crippen MR) is 122 cm³/mol. The highest BCUT2D eigenvalue weighted by Gasteiger charge is 2.32. The minimum Gasteiger partial charge on any atom is -0.480 e. The van der Waals surface area contributed by atoms with E-state index in [1.165, 1.54) is 0 Å². The molecule has 0 heterocycles. The second-order valence-corrected chi connectivity index (χ2v) is 8.43. The molecule has 0 saturated carbocycles. The van der Waals surface area contributed by atoms with Gasteiger partial charge in [0.1, 0.15) is 18.1 Å². The summed E-state index contributed by atoms with van der Waals surface area (Å²) >= 11 is 3.94. The lowest BCUT2D eigenvalue weighted by molar-refractivity contribution is -0.141. The van der Waals surface area contributed by atoms with Crippen LogP contribution in [0.25, 0.3) is 0 Å². The Kier molecular flexibility index (Phi) is 14.1. The fraction of sp³-hybridized carbons (Fsp3) is 0.800. The van der Waals surface area contributed by atoms with Crippen molar-refractivity contribution in [3.63, 3.8) is 0 Å². The van der Waals surface area contributed by atoms with E-state index in [1.807, 2.05) is 13.8 Å². The minimum atomic E-state index is -1.22. The maximum absolute atomic E-state index is 12.9. The highest BCUT2D eigenvalue weighted by atomic mass is 32.1. The van der Waals surface area contributed by atoms with Crippen molar-refractivity contribution in [1.29, 1.82) is 0 Å². The molecule has 0 rings (SSSR count). The molecule has 0 aromatic heterocycles. The molecule has 180 valence electrons. The number of nitrogens with one attached hydrogen (secondary N) is 3. The van der Waals surface area contributed by atoms with Gasteiger partial charge in [0.05, 0.1) is 6.04 Å². The summed E-state index contributed by atoms with van der Waals surface area (Å²) < 4.78 is 0. The quantitative estimate of drug-likeness (QED) is 0.128. The molecule has 0 aliphatic heterocycles. The highest BCUT2D eigenvalue weighted by molar-refractivity contribution is 7.80. The molecule has 8 N–H and O–H groups in total. The number of rotatable bonds is 15. The minimum absolute atomic E-state index is 0.0557. The van der Waals surface area contributed by atoms with Crippen molar-refractivity contribution in [3.05, 3.63) is 0 Å². The van der Waals surface area contributed by atoms with Gasteiger partial charge < -0.3 is 32.5 Å². The Labute approximate surface area is 190 Å². The van der Waals surface area contributed by atoms with Gasteiger partial charge in [-0.05, 0) is 37.6 Å². The predicted octanol–water partition coefficient (Wildman–Crippen LogP) is -0.386. The van der Waals surface area contributed by atoms with E-state index in [2.05, 4.69) is 28.6 Å².